The highest BCUT2D eigenvalue weighted by Gasteiger charge is 2.08. The molecule has 88 valence electrons. The number of nitrogens with two attached hydrogens (primary N) is 1. The highest BCUT2D eigenvalue weighted by molar-refractivity contribution is 5.79. The zero-order valence-corrected chi connectivity index (χ0v) is 9.95. The van der Waals surface area contributed by atoms with Crippen molar-refractivity contribution < 1.29 is 4.79 Å². The molecule has 1 aromatic rings. The molecule has 3 N–H and O–H groups in total. The lowest BCUT2D eigenvalue weighted by molar-refractivity contribution is -0.116. The summed E-state index contributed by atoms with van der Waals surface area (Å²) < 4.78 is 0. The summed E-state index contributed by atoms with van der Waals surface area (Å²) in [6.45, 7) is 2.94. The minimum absolute atomic E-state index is 0.180. The maximum Gasteiger partial charge on any atom is 0.236 e. The SMILES string of the molecule is CNCc1cnc(N(C)CC(N)=O)c(C)c1. The monoisotopic (exact) mass is 222 g/mol. The number of aryl methyl sites for hydroxylation is 1. The summed E-state index contributed by atoms with van der Waals surface area (Å²) in [4.78, 5) is 16.9. The summed E-state index contributed by atoms with van der Waals surface area (Å²) in [7, 11) is 3.69. The van der Waals surface area contributed by atoms with Gasteiger partial charge in [-0.15, -0.1) is 0 Å². The highest BCUT2D eigenvalue weighted by atomic mass is 16.1. The van der Waals surface area contributed by atoms with E-state index in [2.05, 4.69) is 16.4 Å². The first-order valence-corrected chi connectivity index (χ1v) is 5.14. The van der Waals surface area contributed by atoms with Crippen molar-refractivity contribution in [3.8, 4) is 0 Å². The number of likely N-dealkylation sites (N-methyl/N-ethyl adjacent to an activating group) is 1. The average Bonchev–Trinajstić information content (AvgIpc) is 2.16. The number of carbonyl (C=O) groups excluding carboxylic acids is 1. The zero-order valence-electron chi connectivity index (χ0n) is 9.95. The van der Waals surface area contributed by atoms with Gasteiger partial charge in [-0.3, -0.25) is 4.79 Å². The molecule has 5 heteroatoms. The Morgan fingerprint density at radius 3 is 2.81 bits per heavy atom. The third-order valence-corrected chi connectivity index (χ3v) is 2.24. The first-order valence-electron chi connectivity index (χ1n) is 5.14. The first-order chi connectivity index (χ1) is 7.54. The van der Waals surface area contributed by atoms with Gasteiger partial charge in [-0.1, -0.05) is 0 Å². The van der Waals surface area contributed by atoms with Crippen LogP contribution in [0.15, 0.2) is 12.3 Å². The molecule has 0 fully saturated rings. The quantitative estimate of drug-likeness (QED) is 0.737. The molecular weight excluding hydrogens is 204 g/mol. The van der Waals surface area contributed by atoms with Crippen LogP contribution in [-0.2, 0) is 11.3 Å². The van der Waals surface area contributed by atoms with E-state index in [1.807, 2.05) is 14.0 Å². The number of primary amides is 1. The van der Waals surface area contributed by atoms with E-state index in [1.54, 1.807) is 18.1 Å². The Labute approximate surface area is 95.7 Å². The summed E-state index contributed by atoms with van der Waals surface area (Å²) in [6.07, 6.45) is 1.80. The lowest BCUT2D eigenvalue weighted by Gasteiger charge is -2.18. The number of carbonyl (C=O) groups is 1. The summed E-state index contributed by atoms with van der Waals surface area (Å²) in [6, 6.07) is 2.05. The van der Waals surface area contributed by atoms with Gasteiger partial charge < -0.3 is 16.0 Å². The molecule has 0 aliphatic heterocycles. The van der Waals surface area contributed by atoms with E-state index >= 15 is 0 Å². The van der Waals surface area contributed by atoms with Crippen molar-refractivity contribution >= 4 is 11.7 Å². The predicted molar refractivity (Wildman–Crippen MR) is 64.2 cm³/mol. The molecular formula is C11H18N4O. The van der Waals surface area contributed by atoms with E-state index in [0.717, 1.165) is 23.5 Å². The molecule has 1 rings (SSSR count). The third kappa shape index (κ3) is 3.20. The van der Waals surface area contributed by atoms with Crippen LogP contribution in [0.1, 0.15) is 11.1 Å². The summed E-state index contributed by atoms with van der Waals surface area (Å²) in [5.41, 5.74) is 7.30. The van der Waals surface area contributed by atoms with Crippen molar-refractivity contribution in [2.45, 2.75) is 13.5 Å². The molecule has 0 radical (unpaired) electrons. The average molecular weight is 222 g/mol. The fourth-order valence-electron chi connectivity index (χ4n) is 1.63. The molecule has 5 nitrogen and oxygen atoms in total. The number of hydrogen-bond acceptors (Lipinski definition) is 4. The van der Waals surface area contributed by atoms with Gasteiger partial charge in [0.05, 0.1) is 6.54 Å². The lowest BCUT2D eigenvalue weighted by Crippen LogP contribution is -2.31. The zero-order chi connectivity index (χ0) is 12.1. The van der Waals surface area contributed by atoms with Gasteiger partial charge in [-0.2, -0.15) is 0 Å². The third-order valence-electron chi connectivity index (χ3n) is 2.24. The Kier molecular flexibility index (Phi) is 4.25. The van der Waals surface area contributed by atoms with E-state index < -0.39 is 0 Å². The molecule has 0 aliphatic carbocycles. The molecule has 1 amide bonds. The maximum absolute atomic E-state index is 10.8. The van der Waals surface area contributed by atoms with Crippen LogP contribution in [-0.4, -0.2) is 31.5 Å². The standard InChI is InChI=1S/C11H18N4O/c1-8-4-9(5-13-2)6-14-11(8)15(3)7-10(12)16/h4,6,13H,5,7H2,1-3H3,(H2,12,16). The number of pyridine rings is 1. The first kappa shape index (κ1) is 12.4. The van der Waals surface area contributed by atoms with Crippen LogP contribution in [0.5, 0.6) is 0 Å². The Morgan fingerprint density at radius 1 is 1.62 bits per heavy atom. The van der Waals surface area contributed by atoms with E-state index in [1.165, 1.54) is 0 Å². The minimum Gasteiger partial charge on any atom is -0.368 e. The van der Waals surface area contributed by atoms with Gasteiger partial charge in [0.1, 0.15) is 5.82 Å². The second-order valence-electron chi connectivity index (χ2n) is 3.84. The topological polar surface area (TPSA) is 71.2 Å². The fourth-order valence-corrected chi connectivity index (χ4v) is 1.63. The Hall–Kier alpha value is -1.62. The lowest BCUT2D eigenvalue weighted by atomic mass is 10.2. The van der Waals surface area contributed by atoms with E-state index in [-0.39, 0.29) is 12.5 Å². The van der Waals surface area contributed by atoms with Crippen LogP contribution in [0.25, 0.3) is 0 Å². The van der Waals surface area contributed by atoms with E-state index in [4.69, 9.17) is 5.73 Å². The number of rotatable bonds is 5. The number of nitrogens with zero attached hydrogens (tertiary/aromatic N) is 2. The van der Waals surface area contributed by atoms with Gasteiger partial charge in [-0.05, 0) is 31.2 Å². The van der Waals surface area contributed by atoms with Gasteiger partial charge >= 0.3 is 0 Å². The number of anilines is 1. The number of amides is 1. The number of aromatic nitrogens is 1. The maximum atomic E-state index is 10.8. The van der Waals surface area contributed by atoms with Crippen molar-refractivity contribution in [3.63, 3.8) is 0 Å². The summed E-state index contributed by atoms with van der Waals surface area (Å²) in [5.74, 6) is 0.432. The van der Waals surface area contributed by atoms with E-state index in [9.17, 15) is 4.79 Å². The second-order valence-corrected chi connectivity index (χ2v) is 3.84. The van der Waals surface area contributed by atoms with Crippen LogP contribution in [0.3, 0.4) is 0 Å². The largest absolute Gasteiger partial charge is 0.368 e. The number of hydrogen-bond donors (Lipinski definition) is 2. The van der Waals surface area contributed by atoms with Gasteiger partial charge in [0.25, 0.3) is 0 Å². The Morgan fingerprint density at radius 2 is 2.31 bits per heavy atom. The van der Waals surface area contributed by atoms with Gasteiger partial charge in [0, 0.05) is 19.8 Å². The number of nitrogens with one attached hydrogen (secondary N) is 1. The van der Waals surface area contributed by atoms with Gasteiger partial charge in [0.2, 0.25) is 5.91 Å². The molecule has 1 heterocycles. The van der Waals surface area contributed by atoms with Crippen molar-refractivity contribution in [2.24, 2.45) is 5.73 Å². The minimum atomic E-state index is -0.358. The van der Waals surface area contributed by atoms with Crippen molar-refractivity contribution in [1.29, 1.82) is 0 Å². The summed E-state index contributed by atoms with van der Waals surface area (Å²) >= 11 is 0. The molecule has 0 aliphatic rings. The van der Waals surface area contributed by atoms with Crippen molar-refractivity contribution in [1.82, 2.24) is 10.3 Å². The molecule has 1 aromatic heterocycles. The molecule has 0 bridgehead atoms. The Bertz CT molecular complexity index is 378. The van der Waals surface area contributed by atoms with Crippen LogP contribution in [0, 0.1) is 6.92 Å². The molecule has 0 saturated carbocycles. The van der Waals surface area contributed by atoms with Gasteiger partial charge in [-0.25, -0.2) is 4.98 Å². The summed E-state index contributed by atoms with van der Waals surface area (Å²) in [5, 5.41) is 3.06. The molecule has 0 saturated heterocycles. The van der Waals surface area contributed by atoms with E-state index in [0.29, 0.717) is 0 Å². The molecule has 0 spiro atoms. The van der Waals surface area contributed by atoms with Crippen LogP contribution < -0.4 is 16.0 Å². The second kappa shape index (κ2) is 5.46. The van der Waals surface area contributed by atoms with Crippen LogP contribution in [0.4, 0.5) is 5.82 Å². The normalized spacial score (nSPS) is 10.2. The van der Waals surface area contributed by atoms with Gasteiger partial charge in [0.15, 0.2) is 0 Å². The van der Waals surface area contributed by atoms with Crippen LogP contribution >= 0.6 is 0 Å². The Balaban J connectivity index is 2.85. The highest BCUT2D eigenvalue weighted by Crippen LogP contribution is 2.16. The molecule has 0 aromatic carbocycles. The molecule has 0 atom stereocenters. The van der Waals surface area contributed by atoms with Crippen molar-refractivity contribution in [3.05, 3.63) is 23.4 Å². The molecule has 16 heavy (non-hydrogen) atoms. The fraction of sp³-hybridized carbons (Fsp3) is 0.455. The molecule has 0 unspecified atom stereocenters. The van der Waals surface area contributed by atoms with Crippen LogP contribution in [0.2, 0.25) is 0 Å². The predicted octanol–water partition coefficient (Wildman–Crippen LogP) is 0.0309. The smallest absolute Gasteiger partial charge is 0.236 e. The van der Waals surface area contributed by atoms with Crippen molar-refractivity contribution in [2.75, 3.05) is 25.5 Å².